The zero-order valence-corrected chi connectivity index (χ0v) is 14.7. The lowest BCUT2D eigenvalue weighted by molar-refractivity contribution is -0.142. The van der Waals surface area contributed by atoms with Gasteiger partial charge in [-0.25, -0.2) is 0 Å². The largest absolute Gasteiger partial charge is 0.345 e. The summed E-state index contributed by atoms with van der Waals surface area (Å²) in [6.07, 6.45) is 2.52. The van der Waals surface area contributed by atoms with Crippen LogP contribution in [0, 0.1) is 23.2 Å². The van der Waals surface area contributed by atoms with E-state index in [1.54, 1.807) is 0 Å². The molecule has 0 aromatic heterocycles. The number of Topliss-reactive ketones (excluding diaryl/α,β-unsaturated/α-hetero) is 1. The molecule has 4 aliphatic rings. The van der Waals surface area contributed by atoms with Crippen molar-refractivity contribution >= 4 is 11.7 Å². The first-order chi connectivity index (χ1) is 10.6. The third-order valence-electron chi connectivity index (χ3n) is 6.72. The van der Waals surface area contributed by atoms with Gasteiger partial charge in [0.1, 0.15) is 11.1 Å². The van der Waals surface area contributed by atoms with E-state index in [2.05, 4.69) is 46.0 Å². The monoisotopic (exact) mass is 315 g/mol. The predicted octanol–water partition coefficient (Wildman–Crippen LogP) is 2.75. The van der Waals surface area contributed by atoms with Crippen molar-refractivity contribution in [3.8, 4) is 0 Å². The molecule has 1 saturated carbocycles. The minimum atomic E-state index is -1.05. The predicted molar refractivity (Wildman–Crippen MR) is 86.4 cm³/mol. The number of allylic oxidation sites excluding steroid dienone is 2. The van der Waals surface area contributed by atoms with E-state index in [0.717, 1.165) is 5.57 Å². The SMILES string of the molecule is CC(C)=C1C2=C[C@@]3(C)O[C@@]4(C)NC(=O)[C@]2(C(=O)C[C@@H]1C)[C@@H]4[C@H]3C. The van der Waals surface area contributed by atoms with Gasteiger partial charge in [0.05, 0.1) is 5.60 Å². The summed E-state index contributed by atoms with van der Waals surface area (Å²) in [6.45, 7) is 12.4. The fourth-order valence-electron chi connectivity index (χ4n) is 5.94. The average Bonchev–Trinajstić information content (AvgIpc) is 2.67. The molecule has 4 rings (SSSR count). The normalized spacial score (nSPS) is 50.6. The molecule has 4 nitrogen and oxygen atoms in total. The van der Waals surface area contributed by atoms with Gasteiger partial charge in [-0.05, 0) is 56.8 Å². The van der Waals surface area contributed by atoms with Gasteiger partial charge in [0.25, 0.3) is 0 Å². The third-order valence-corrected chi connectivity index (χ3v) is 6.72. The first-order valence-electron chi connectivity index (χ1n) is 8.55. The van der Waals surface area contributed by atoms with Crippen molar-refractivity contribution in [2.45, 2.75) is 59.3 Å². The maximum absolute atomic E-state index is 13.2. The van der Waals surface area contributed by atoms with Crippen molar-refractivity contribution in [1.82, 2.24) is 5.32 Å². The Bertz CT molecular complexity index is 716. The van der Waals surface area contributed by atoms with Crippen LogP contribution in [0.1, 0.15) is 48.0 Å². The van der Waals surface area contributed by atoms with Gasteiger partial charge in [-0.2, -0.15) is 0 Å². The molecule has 0 aromatic carbocycles. The fourth-order valence-corrected chi connectivity index (χ4v) is 5.94. The van der Waals surface area contributed by atoms with Crippen LogP contribution in [0.3, 0.4) is 0 Å². The number of carbonyl (C=O) groups is 2. The van der Waals surface area contributed by atoms with Crippen LogP contribution < -0.4 is 5.32 Å². The minimum Gasteiger partial charge on any atom is -0.345 e. The van der Waals surface area contributed by atoms with E-state index in [4.69, 9.17) is 4.74 Å². The molecule has 0 radical (unpaired) electrons. The zero-order valence-electron chi connectivity index (χ0n) is 14.7. The van der Waals surface area contributed by atoms with Crippen molar-refractivity contribution in [3.05, 3.63) is 22.8 Å². The fraction of sp³-hybridized carbons (Fsp3) is 0.684. The number of fused-ring (bicyclic) bond motifs is 1. The summed E-state index contributed by atoms with van der Waals surface area (Å²) < 4.78 is 6.35. The van der Waals surface area contributed by atoms with Gasteiger partial charge in [0.2, 0.25) is 5.91 Å². The van der Waals surface area contributed by atoms with Crippen LogP contribution in [-0.4, -0.2) is 23.0 Å². The lowest BCUT2D eigenvalue weighted by Gasteiger charge is -2.47. The van der Waals surface area contributed by atoms with Crippen LogP contribution in [0.25, 0.3) is 0 Å². The van der Waals surface area contributed by atoms with Crippen molar-refractivity contribution in [3.63, 3.8) is 0 Å². The van der Waals surface area contributed by atoms with Gasteiger partial charge in [-0.3, -0.25) is 9.59 Å². The Morgan fingerprint density at radius 2 is 1.91 bits per heavy atom. The van der Waals surface area contributed by atoms with Crippen molar-refractivity contribution in [2.75, 3.05) is 0 Å². The smallest absolute Gasteiger partial charge is 0.240 e. The van der Waals surface area contributed by atoms with Gasteiger partial charge < -0.3 is 10.1 Å². The Morgan fingerprint density at radius 1 is 1.26 bits per heavy atom. The van der Waals surface area contributed by atoms with Crippen LogP contribution in [-0.2, 0) is 14.3 Å². The Morgan fingerprint density at radius 3 is 2.52 bits per heavy atom. The maximum Gasteiger partial charge on any atom is 0.240 e. The Labute approximate surface area is 137 Å². The highest BCUT2D eigenvalue weighted by Gasteiger charge is 2.77. The number of hydrogen-bond acceptors (Lipinski definition) is 3. The summed E-state index contributed by atoms with van der Waals surface area (Å²) in [5.74, 6) is 0.0284. The molecule has 4 heteroatoms. The van der Waals surface area contributed by atoms with E-state index in [1.807, 2.05) is 6.92 Å². The Kier molecular flexibility index (Phi) is 2.61. The number of rotatable bonds is 0. The van der Waals surface area contributed by atoms with Crippen LogP contribution in [0.15, 0.2) is 22.8 Å². The average molecular weight is 315 g/mol. The molecular formula is C19H25NO3. The first kappa shape index (κ1) is 15.1. The van der Waals surface area contributed by atoms with E-state index < -0.39 is 16.7 Å². The molecule has 2 aliphatic heterocycles. The van der Waals surface area contributed by atoms with Gasteiger partial charge in [-0.15, -0.1) is 0 Å². The zero-order chi connectivity index (χ0) is 16.9. The summed E-state index contributed by atoms with van der Waals surface area (Å²) in [5, 5.41) is 3.03. The molecule has 2 bridgehead atoms. The summed E-state index contributed by atoms with van der Waals surface area (Å²) in [6, 6.07) is 0. The summed E-state index contributed by atoms with van der Waals surface area (Å²) >= 11 is 0. The molecule has 6 atom stereocenters. The van der Waals surface area contributed by atoms with Crippen molar-refractivity contribution in [2.24, 2.45) is 23.2 Å². The van der Waals surface area contributed by atoms with Crippen LogP contribution in [0.5, 0.6) is 0 Å². The maximum atomic E-state index is 13.2. The molecule has 2 saturated heterocycles. The molecule has 0 aromatic rings. The summed E-state index contributed by atoms with van der Waals surface area (Å²) in [4.78, 5) is 26.3. The number of carbonyl (C=O) groups excluding carboxylic acids is 2. The summed E-state index contributed by atoms with van der Waals surface area (Å²) in [7, 11) is 0. The second kappa shape index (κ2) is 3.97. The summed E-state index contributed by atoms with van der Waals surface area (Å²) in [5.41, 5.74) is 1.04. The van der Waals surface area contributed by atoms with E-state index >= 15 is 0 Å². The van der Waals surface area contributed by atoms with E-state index in [0.29, 0.717) is 6.42 Å². The minimum absolute atomic E-state index is 0.0619. The second-order valence-corrected chi connectivity index (χ2v) is 8.42. The quantitative estimate of drug-likeness (QED) is 0.699. The topological polar surface area (TPSA) is 55.4 Å². The number of nitrogens with one attached hydrogen (secondary N) is 1. The Balaban J connectivity index is 2.09. The molecular weight excluding hydrogens is 290 g/mol. The highest BCUT2D eigenvalue weighted by atomic mass is 16.5. The number of amides is 1. The molecule has 1 N–H and O–H groups in total. The third kappa shape index (κ3) is 1.43. The van der Waals surface area contributed by atoms with Gasteiger partial charge in [-0.1, -0.05) is 19.4 Å². The highest BCUT2D eigenvalue weighted by Crippen LogP contribution is 2.67. The molecule has 0 unspecified atom stereocenters. The first-order valence-corrected chi connectivity index (χ1v) is 8.55. The van der Waals surface area contributed by atoms with Crippen LogP contribution in [0.4, 0.5) is 0 Å². The van der Waals surface area contributed by atoms with Gasteiger partial charge >= 0.3 is 0 Å². The molecule has 23 heavy (non-hydrogen) atoms. The van der Waals surface area contributed by atoms with E-state index in [1.165, 1.54) is 11.1 Å². The number of ketones is 1. The van der Waals surface area contributed by atoms with Crippen LogP contribution >= 0.6 is 0 Å². The van der Waals surface area contributed by atoms with Gasteiger partial charge in [0, 0.05) is 12.3 Å². The molecule has 3 fully saturated rings. The standard InChI is InChI=1S/C19H25NO3/c1-9(2)14-10(3)7-13(21)19-12(14)8-17(5)11(4)15(19)18(6,23-17)20-16(19)22/h8,10-11,15H,7H2,1-6H3,(H,20,22)/t10-,11+,15+,17+,18+,19+/m0/s1. The van der Waals surface area contributed by atoms with Crippen LogP contribution in [0.2, 0.25) is 0 Å². The lowest BCUT2D eigenvalue weighted by atomic mass is 9.51. The number of ether oxygens (including phenoxy) is 1. The van der Waals surface area contributed by atoms with Crippen molar-refractivity contribution < 1.29 is 14.3 Å². The molecule has 1 amide bonds. The molecule has 2 aliphatic carbocycles. The van der Waals surface area contributed by atoms with Crippen molar-refractivity contribution in [1.29, 1.82) is 0 Å². The number of hydrogen-bond donors (Lipinski definition) is 1. The van der Waals surface area contributed by atoms with E-state index in [-0.39, 0.29) is 29.4 Å². The Hall–Kier alpha value is -1.42. The molecule has 124 valence electrons. The van der Waals surface area contributed by atoms with E-state index in [9.17, 15) is 9.59 Å². The van der Waals surface area contributed by atoms with Gasteiger partial charge in [0.15, 0.2) is 5.78 Å². The molecule has 2 heterocycles. The highest BCUT2D eigenvalue weighted by molar-refractivity contribution is 6.14. The lowest BCUT2D eigenvalue weighted by Crippen LogP contribution is -2.55. The second-order valence-electron chi connectivity index (χ2n) is 8.42. The molecule has 1 spiro atoms.